The number of nitrogens with one attached hydrogen (secondary N) is 1. The van der Waals surface area contributed by atoms with E-state index in [1.807, 2.05) is 11.8 Å². The van der Waals surface area contributed by atoms with Crippen LogP contribution in [0.4, 0.5) is 0 Å². The number of rotatable bonds is 6. The molecule has 1 unspecified atom stereocenters. The third kappa shape index (κ3) is 3.99. The van der Waals surface area contributed by atoms with Crippen LogP contribution in [0.25, 0.3) is 4.96 Å². The van der Waals surface area contributed by atoms with Crippen LogP contribution in [0.3, 0.4) is 0 Å². The normalized spacial score (nSPS) is 14.1. The Morgan fingerprint density at radius 3 is 2.85 bits per heavy atom. The summed E-state index contributed by atoms with van der Waals surface area (Å²) in [5.41, 5.74) is 1.42. The van der Waals surface area contributed by atoms with Crippen molar-refractivity contribution in [1.82, 2.24) is 14.7 Å². The van der Waals surface area contributed by atoms with Gasteiger partial charge in [-0.25, -0.2) is 4.98 Å². The van der Waals surface area contributed by atoms with Crippen LogP contribution in [0.1, 0.15) is 46.7 Å². The van der Waals surface area contributed by atoms with E-state index in [0.29, 0.717) is 0 Å². The van der Waals surface area contributed by atoms with Gasteiger partial charge in [-0.3, -0.25) is 4.40 Å². The Morgan fingerprint density at radius 1 is 1.45 bits per heavy atom. The zero-order chi connectivity index (χ0) is 14.8. The van der Waals surface area contributed by atoms with Crippen molar-refractivity contribution in [3.8, 4) is 0 Å². The van der Waals surface area contributed by atoms with E-state index in [1.54, 1.807) is 11.3 Å². The van der Waals surface area contributed by atoms with Gasteiger partial charge in [-0.2, -0.15) is 0 Å². The fourth-order valence-electron chi connectivity index (χ4n) is 1.78. The van der Waals surface area contributed by atoms with E-state index < -0.39 is 0 Å². The molecule has 1 N–H and O–H groups in total. The maximum absolute atomic E-state index is 4.78. The minimum Gasteiger partial charge on any atom is -0.306 e. The standard InChI is InChI=1S/C15H25N3S2/c1-6-11(2)10-20-13-12(9-16-15(3,4)5)18-7-8-19-14(18)17-13/h7-8,11,16H,6,9-10H2,1-5H3. The highest BCUT2D eigenvalue weighted by Gasteiger charge is 2.17. The third-order valence-corrected chi connectivity index (χ3v) is 5.40. The highest BCUT2D eigenvalue weighted by molar-refractivity contribution is 7.99. The summed E-state index contributed by atoms with van der Waals surface area (Å²) in [6.45, 7) is 12.0. The molecule has 0 saturated carbocycles. The van der Waals surface area contributed by atoms with Gasteiger partial charge in [-0.15, -0.1) is 23.1 Å². The summed E-state index contributed by atoms with van der Waals surface area (Å²) in [6.07, 6.45) is 3.35. The summed E-state index contributed by atoms with van der Waals surface area (Å²) in [7, 11) is 0. The average molecular weight is 312 g/mol. The van der Waals surface area contributed by atoms with Crippen molar-refractivity contribution in [3.05, 3.63) is 17.3 Å². The summed E-state index contributed by atoms with van der Waals surface area (Å²) in [6, 6.07) is 0. The first-order valence-corrected chi connectivity index (χ1v) is 9.09. The van der Waals surface area contributed by atoms with Crippen molar-refractivity contribution in [3.63, 3.8) is 0 Å². The van der Waals surface area contributed by atoms with Gasteiger partial charge in [0.25, 0.3) is 0 Å². The van der Waals surface area contributed by atoms with Gasteiger partial charge >= 0.3 is 0 Å². The number of aromatic nitrogens is 2. The lowest BCUT2D eigenvalue weighted by Gasteiger charge is -2.20. The molecule has 0 spiro atoms. The van der Waals surface area contributed by atoms with Crippen molar-refractivity contribution < 1.29 is 0 Å². The predicted molar refractivity (Wildman–Crippen MR) is 89.8 cm³/mol. The van der Waals surface area contributed by atoms with E-state index in [-0.39, 0.29) is 5.54 Å². The minimum absolute atomic E-state index is 0.124. The lowest BCUT2D eigenvalue weighted by molar-refractivity contribution is 0.418. The van der Waals surface area contributed by atoms with Gasteiger partial charge in [0.1, 0.15) is 5.03 Å². The molecule has 0 amide bonds. The van der Waals surface area contributed by atoms with E-state index in [4.69, 9.17) is 4.98 Å². The van der Waals surface area contributed by atoms with Crippen LogP contribution < -0.4 is 5.32 Å². The molecule has 112 valence electrons. The van der Waals surface area contributed by atoms with Crippen LogP contribution in [-0.4, -0.2) is 20.7 Å². The van der Waals surface area contributed by atoms with Crippen LogP contribution in [0, 0.1) is 5.92 Å². The molecule has 5 heteroatoms. The molecule has 2 rings (SSSR count). The van der Waals surface area contributed by atoms with Gasteiger partial charge in [-0.1, -0.05) is 20.3 Å². The molecule has 0 aliphatic rings. The second kappa shape index (κ2) is 6.50. The Balaban J connectivity index is 2.17. The molecule has 2 aromatic rings. The highest BCUT2D eigenvalue weighted by Crippen LogP contribution is 2.28. The molecule has 0 bridgehead atoms. The lowest BCUT2D eigenvalue weighted by atomic mass is 10.1. The fraction of sp³-hybridized carbons (Fsp3) is 0.667. The molecule has 0 aliphatic heterocycles. The Morgan fingerprint density at radius 2 is 2.20 bits per heavy atom. The van der Waals surface area contributed by atoms with Gasteiger partial charge in [-0.05, 0) is 26.7 Å². The second-order valence-corrected chi connectivity index (χ2v) is 8.23. The topological polar surface area (TPSA) is 29.3 Å². The second-order valence-electron chi connectivity index (χ2n) is 6.35. The Labute approximate surface area is 130 Å². The van der Waals surface area contributed by atoms with Crippen molar-refractivity contribution in [2.45, 2.75) is 58.1 Å². The largest absolute Gasteiger partial charge is 0.306 e. The molecular weight excluding hydrogens is 286 g/mol. The van der Waals surface area contributed by atoms with Gasteiger partial charge < -0.3 is 5.32 Å². The third-order valence-electron chi connectivity index (χ3n) is 3.31. The number of hydrogen-bond donors (Lipinski definition) is 1. The van der Waals surface area contributed by atoms with Gasteiger partial charge in [0.15, 0.2) is 4.96 Å². The monoisotopic (exact) mass is 311 g/mol. The zero-order valence-corrected chi connectivity index (χ0v) is 14.7. The molecular formula is C15H25N3S2. The Kier molecular flexibility index (Phi) is 5.15. The SMILES string of the molecule is CCC(C)CSc1nc2sccn2c1CNC(C)(C)C. The predicted octanol–water partition coefficient (Wildman–Crippen LogP) is 4.42. The first kappa shape index (κ1) is 15.9. The molecule has 0 radical (unpaired) electrons. The van der Waals surface area contributed by atoms with Crippen LogP contribution in [0.2, 0.25) is 0 Å². The summed E-state index contributed by atoms with van der Waals surface area (Å²) in [5.74, 6) is 1.88. The molecule has 3 nitrogen and oxygen atoms in total. The number of imidazole rings is 1. The van der Waals surface area contributed by atoms with Crippen LogP contribution in [-0.2, 0) is 6.54 Å². The molecule has 1 atom stereocenters. The molecule has 0 aliphatic carbocycles. The number of thioether (sulfide) groups is 1. The Bertz CT molecular complexity index is 551. The number of thiazole rings is 1. The lowest BCUT2D eigenvalue weighted by Crippen LogP contribution is -2.35. The van der Waals surface area contributed by atoms with Crippen molar-refractivity contribution in [2.24, 2.45) is 5.92 Å². The smallest absolute Gasteiger partial charge is 0.194 e. The van der Waals surface area contributed by atoms with Crippen molar-refractivity contribution >= 4 is 28.1 Å². The zero-order valence-electron chi connectivity index (χ0n) is 13.1. The maximum atomic E-state index is 4.78. The summed E-state index contributed by atoms with van der Waals surface area (Å²) in [5, 5.41) is 6.87. The molecule has 0 saturated heterocycles. The van der Waals surface area contributed by atoms with E-state index >= 15 is 0 Å². The van der Waals surface area contributed by atoms with Crippen LogP contribution >= 0.6 is 23.1 Å². The quantitative estimate of drug-likeness (QED) is 0.801. The van der Waals surface area contributed by atoms with E-state index in [2.05, 4.69) is 55.9 Å². The van der Waals surface area contributed by atoms with E-state index in [9.17, 15) is 0 Å². The summed E-state index contributed by atoms with van der Waals surface area (Å²) in [4.78, 5) is 5.88. The highest BCUT2D eigenvalue weighted by atomic mass is 32.2. The van der Waals surface area contributed by atoms with E-state index in [1.165, 1.54) is 17.1 Å². The molecule has 2 heterocycles. The average Bonchev–Trinajstić information content (AvgIpc) is 2.92. The van der Waals surface area contributed by atoms with E-state index in [0.717, 1.165) is 23.2 Å². The van der Waals surface area contributed by atoms with Gasteiger partial charge in [0, 0.05) is 29.4 Å². The summed E-state index contributed by atoms with van der Waals surface area (Å²) < 4.78 is 2.22. The minimum atomic E-state index is 0.124. The maximum Gasteiger partial charge on any atom is 0.194 e. The summed E-state index contributed by atoms with van der Waals surface area (Å²) >= 11 is 3.60. The van der Waals surface area contributed by atoms with Crippen LogP contribution in [0.5, 0.6) is 0 Å². The van der Waals surface area contributed by atoms with Crippen molar-refractivity contribution in [2.75, 3.05) is 5.75 Å². The number of nitrogens with zero attached hydrogens (tertiary/aromatic N) is 2. The first-order chi connectivity index (χ1) is 9.40. The van der Waals surface area contributed by atoms with Crippen LogP contribution in [0.15, 0.2) is 16.6 Å². The fourth-order valence-corrected chi connectivity index (χ4v) is 3.73. The molecule has 0 aromatic carbocycles. The molecule has 0 fully saturated rings. The Hall–Kier alpha value is -0.520. The van der Waals surface area contributed by atoms with Gasteiger partial charge in [0.05, 0.1) is 5.69 Å². The van der Waals surface area contributed by atoms with Crippen molar-refractivity contribution in [1.29, 1.82) is 0 Å². The molecule has 20 heavy (non-hydrogen) atoms. The molecule has 2 aromatic heterocycles. The number of hydrogen-bond acceptors (Lipinski definition) is 4. The van der Waals surface area contributed by atoms with Gasteiger partial charge in [0.2, 0.25) is 0 Å². The number of fused-ring (bicyclic) bond motifs is 1. The first-order valence-electron chi connectivity index (χ1n) is 7.23.